The van der Waals surface area contributed by atoms with E-state index in [1.165, 1.54) is 20.2 Å². The second-order valence-corrected chi connectivity index (χ2v) is 9.37. The summed E-state index contributed by atoms with van der Waals surface area (Å²) < 4.78 is 29.8. The third-order valence-corrected chi connectivity index (χ3v) is 6.33. The second-order valence-electron chi connectivity index (χ2n) is 7.96. The number of halogens is 2. The van der Waals surface area contributed by atoms with Gasteiger partial charge in [-0.3, -0.25) is 14.1 Å². The highest BCUT2D eigenvalue weighted by Gasteiger charge is 2.53. The Bertz CT molecular complexity index is 1080. The van der Waals surface area contributed by atoms with Crippen molar-refractivity contribution >= 4 is 56.6 Å². The number of nitrogens with zero attached hydrogens (tertiary/aromatic N) is 4. The number of hydrogen-bond acceptors (Lipinski definition) is 11. The van der Waals surface area contributed by atoms with E-state index in [4.69, 9.17) is 41.0 Å². The molecule has 4 rings (SSSR count). The third-order valence-electron chi connectivity index (χ3n) is 4.96. The van der Waals surface area contributed by atoms with Gasteiger partial charge < -0.3 is 24.7 Å². The molecule has 0 saturated carbocycles. The fourth-order valence-corrected chi connectivity index (χ4v) is 4.43. The summed E-state index contributed by atoms with van der Waals surface area (Å²) in [7, 11) is 0. The van der Waals surface area contributed by atoms with Crippen LogP contribution in [0.5, 0.6) is 0 Å². The maximum atomic E-state index is 12.0. The number of aromatic nitrogens is 4. The second kappa shape index (κ2) is 8.06. The Morgan fingerprint density at radius 1 is 1.38 bits per heavy atom. The Labute approximate surface area is 195 Å². The molecular formula is C18H21BrClN5O7. The van der Waals surface area contributed by atoms with Crippen LogP contribution in [0.3, 0.4) is 0 Å². The molecule has 2 N–H and O–H groups in total. The number of hydrogen-bond donors (Lipinski definition) is 1. The fourth-order valence-electron chi connectivity index (χ4n) is 3.56. The lowest BCUT2D eigenvalue weighted by Crippen LogP contribution is -2.38. The van der Waals surface area contributed by atoms with Gasteiger partial charge in [0.1, 0.15) is 11.6 Å². The van der Waals surface area contributed by atoms with Crippen molar-refractivity contribution in [3.63, 3.8) is 0 Å². The topological polar surface area (TPSA) is 150 Å². The number of ether oxygens (including phenoxy) is 5. The zero-order valence-corrected chi connectivity index (χ0v) is 19.9. The Kier molecular flexibility index (Phi) is 5.82. The van der Waals surface area contributed by atoms with Crippen LogP contribution in [-0.4, -0.2) is 66.7 Å². The van der Waals surface area contributed by atoms with E-state index in [0.717, 1.165) is 0 Å². The predicted molar refractivity (Wildman–Crippen MR) is 113 cm³/mol. The SMILES string of the molecule is CC(=O)O[C@@H]1[C@@H](Br)[C@@H](COC2(C)OC(=O)C(C)(C)O2)O[C@H]1n1cnc2c(Cl)nc(N)nc21. The summed E-state index contributed by atoms with van der Waals surface area (Å²) in [4.78, 5) is 35.5. The Morgan fingerprint density at radius 3 is 2.72 bits per heavy atom. The van der Waals surface area contributed by atoms with Crippen molar-refractivity contribution in [2.45, 2.75) is 62.5 Å². The van der Waals surface area contributed by atoms with Crippen LogP contribution >= 0.6 is 27.5 Å². The molecule has 14 heteroatoms. The predicted octanol–water partition coefficient (Wildman–Crippen LogP) is 1.70. The number of anilines is 1. The number of nitrogens with two attached hydrogens (primary N) is 1. The van der Waals surface area contributed by atoms with Crippen LogP contribution in [-0.2, 0) is 33.3 Å². The molecule has 2 fully saturated rings. The van der Waals surface area contributed by atoms with Gasteiger partial charge in [-0.1, -0.05) is 27.5 Å². The molecule has 0 radical (unpaired) electrons. The number of esters is 2. The lowest BCUT2D eigenvalue weighted by molar-refractivity contribution is -0.334. The van der Waals surface area contributed by atoms with Gasteiger partial charge in [0, 0.05) is 13.8 Å². The van der Waals surface area contributed by atoms with Crippen molar-refractivity contribution in [2.75, 3.05) is 12.3 Å². The Morgan fingerprint density at radius 2 is 2.09 bits per heavy atom. The van der Waals surface area contributed by atoms with Crippen molar-refractivity contribution in [1.29, 1.82) is 0 Å². The van der Waals surface area contributed by atoms with Crippen LogP contribution in [0.2, 0.25) is 5.15 Å². The highest BCUT2D eigenvalue weighted by molar-refractivity contribution is 9.09. The number of alkyl halides is 1. The number of rotatable bonds is 5. The standard InChI is InChI=1S/C18H21BrClN5O7/c1-7(26)29-11-9(19)8(5-28-18(4)31-15(27)17(2,3)32-18)30-14(11)25-6-22-10-12(20)23-16(21)24-13(10)25/h6,8-9,11,14H,5H2,1-4H3,(H2,21,23,24)/t8-,9+,11-,14-,18?/m1/s1. The van der Waals surface area contributed by atoms with Crippen molar-refractivity contribution in [3.05, 3.63) is 11.5 Å². The van der Waals surface area contributed by atoms with Gasteiger partial charge in [-0.05, 0) is 13.8 Å². The van der Waals surface area contributed by atoms with Crippen LogP contribution in [0, 0.1) is 0 Å². The molecule has 2 saturated heterocycles. The zero-order chi connectivity index (χ0) is 23.4. The smallest absolute Gasteiger partial charge is 0.342 e. The molecule has 32 heavy (non-hydrogen) atoms. The summed E-state index contributed by atoms with van der Waals surface area (Å²) in [5.74, 6) is -2.68. The van der Waals surface area contributed by atoms with E-state index < -0.39 is 46.8 Å². The van der Waals surface area contributed by atoms with Gasteiger partial charge in [-0.15, -0.1) is 0 Å². The first-order valence-electron chi connectivity index (χ1n) is 9.60. The minimum Gasteiger partial charge on any atom is -0.456 e. The molecule has 2 aromatic heterocycles. The van der Waals surface area contributed by atoms with Gasteiger partial charge >= 0.3 is 17.9 Å². The Hall–Kier alpha value is -2.06. The Balaban J connectivity index is 1.59. The van der Waals surface area contributed by atoms with Crippen LogP contribution in [0.1, 0.15) is 33.9 Å². The molecule has 12 nitrogen and oxygen atoms in total. The molecule has 5 atom stereocenters. The number of cyclic esters (lactones) is 1. The number of carbonyl (C=O) groups excluding carboxylic acids is 2. The lowest BCUT2D eigenvalue weighted by atomic mass is 10.1. The van der Waals surface area contributed by atoms with Gasteiger partial charge in [0.25, 0.3) is 0 Å². The van der Waals surface area contributed by atoms with E-state index >= 15 is 0 Å². The molecule has 2 aliphatic heterocycles. The third kappa shape index (κ3) is 4.15. The maximum absolute atomic E-state index is 12.0. The van der Waals surface area contributed by atoms with Crippen LogP contribution in [0.15, 0.2) is 6.33 Å². The average molecular weight is 535 g/mol. The number of fused-ring (bicyclic) bond motifs is 1. The quantitative estimate of drug-likeness (QED) is 0.339. The minimum absolute atomic E-state index is 0.0442. The van der Waals surface area contributed by atoms with Crippen molar-refractivity contribution in [1.82, 2.24) is 19.5 Å². The summed E-state index contributed by atoms with van der Waals surface area (Å²) >= 11 is 9.65. The van der Waals surface area contributed by atoms with Crippen molar-refractivity contribution < 1.29 is 33.3 Å². The van der Waals surface area contributed by atoms with Crippen LogP contribution < -0.4 is 5.73 Å². The van der Waals surface area contributed by atoms with E-state index in [0.29, 0.717) is 11.2 Å². The number of carbonyl (C=O) groups is 2. The van der Waals surface area contributed by atoms with Crippen molar-refractivity contribution in [3.8, 4) is 0 Å². The summed E-state index contributed by atoms with van der Waals surface area (Å²) in [5, 5.41) is 0.0827. The monoisotopic (exact) mass is 533 g/mol. The number of nitrogen functional groups attached to an aromatic ring is 1. The molecule has 0 aromatic carbocycles. The molecule has 1 unspecified atom stereocenters. The van der Waals surface area contributed by atoms with Gasteiger partial charge in [0.05, 0.1) is 17.8 Å². The highest BCUT2D eigenvalue weighted by Crippen LogP contribution is 2.40. The fraction of sp³-hybridized carbons (Fsp3) is 0.611. The van der Waals surface area contributed by atoms with E-state index in [9.17, 15) is 9.59 Å². The maximum Gasteiger partial charge on any atom is 0.342 e. The molecular weight excluding hydrogens is 514 g/mol. The molecule has 0 spiro atoms. The number of imidazole rings is 1. The summed E-state index contributed by atoms with van der Waals surface area (Å²) in [6.07, 6.45) is -0.784. The van der Waals surface area contributed by atoms with Crippen molar-refractivity contribution in [2.24, 2.45) is 0 Å². The zero-order valence-electron chi connectivity index (χ0n) is 17.6. The summed E-state index contributed by atoms with van der Waals surface area (Å²) in [6.45, 7) is 5.90. The molecule has 2 aliphatic rings. The molecule has 0 aliphatic carbocycles. The first-order valence-corrected chi connectivity index (χ1v) is 10.9. The van der Waals surface area contributed by atoms with Gasteiger partial charge in [-0.2, -0.15) is 9.97 Å². The van der Waals surface area contributed by atoms with Crippen LogP contribution in [0.25, 0.3) is 11.2 Å². The van der Waals surface area contributed by atoms with Gasteiger partial charge in [0.2, 0.25) is 5.95 Å². The molecule has 0 bridgehead atoms. The van der Waals surface area contributed by atoms with E-state index in [2.05, 4.69) is 30.9 Å². The highest BCUT2D eigenvalue weighted by atomic mass is 79.9. The molecule has 4 heterocycles. The summed E-state index contributed by atoms with van der Waals surface area (Å²) in [6, 6.07) is 0. The van der Waals surface area contributed by atoms with Gasteiger partial charge in [0.15, 0.2) is 28.7 Å². The molecule has 2 aromatic rings. The molecule has 0 amide bonds. The minimum atomic E-state index is -1.58. The van der Waals surface area contributed by atoms with E-state index in [1.807, 2.05) is 0 Å². The molecule has 174 valence electrons. The normalized spacial score (nSPS) is 31.8. The lowest BCUT2D eigenvalue weighted by Gasteiger charge is -2.25. The summed E-state index contributed by atoms with van der Waals surface area (Å²) in [5.41, 5.74) is 5.22. The van der Waals surface area contributed by atoms with Crippen LogP contribution in [0.4, 0.5) is 5.95 Å². The van der Waals surface area contributed by atoms with E-state index in [-0.39, 0.29) is 17.7 Å². The average Bonchev–Trinajstić information content (AvgIpc) is 3.27. The van der Waals surface area contributed by atoms with E-state index in [1.54, 1.807) is 18.4 Å². The first kappa shape index (κ1) is 23.1. The first-order chi connectivity index (χ1) is 14.9. The largest absolute Gasteiger partial charge is 0.456 e. The van der Waals surface area contributed by atoms with Gasteiger partial charge in [-0.25, -0.2) is 9.78 Å².